The van der Waals surface area contributed by atoms with Crippen LogP contribution in [-0.4, -0.2) is 36.0 Å². The van der Waals surface area contributed by atoms with E-state index >= 15 is 0 Å². The van der Waals surface area contributed by atoms with Crippen molar-refractivity contribution in [3.8, 4) is 0 Å². The van der Waals surface area contributed by atoms with Crippen LogP contribution in [0.15, 0.2) is 33.0 Å². The third-order valence-corrected chi connectivity index (χ3v) is 3.46. The molecule has 7 nitrogen and oxygen atoms in total. The summed E-state index contributed by atoms with van der Waals surface area (Å²) in [6.45, 7) is 4.70. The Morgan fingerprint density at radius 2 is 2.26 bits per heavy atom. The van der Waals surface area contributed by atoms with Crippen LogP contribution in [0.2, 0.25) is 0 Å². The molecule has 0 aliphatic heterocycles. The molecule has 1 amide bonds. The summed E-state index contributed by atoms with van der Waals surface area (Å²) in [5.74, 6) is -0.498. The molecule has 0 radical (unpaired) electrons. The fourth-order valence-electron chi connectivity index (χ4n) is 1.77. The van der Waals surface area contributed by atoms with Crippen LogP contribution < -0.4 is 4.90 Å². The van der Waals surface area contributed by atoms with Crippen LogP contribution >= 0.6 is 15.9 Å². The molecular formula is C14H16BrFN4O3. The lowest BCUT2D eigenvalue weighted by atomic mass is 10.1. The van der Waals surface area contributed by atoms with Gasteiger partial charge in [0.05, 0.1) is 16.7 Å². The minimum Gasteiger partial charge on any atom is -0.411 e. The van der Waals surface area contributed by atoms with Crippen LogP contribution in [0.5, 0.6) is 0 Å². The number of hydrogen-bond donors (Lipinski definition) is 2. The number of carbonyl (C=O) groups excluding carboxylic acids is 1. The standard InChI is InChI=1S/C14H16BrFN4O3/c1-3-4-13(19-22)12(17)8-20(14(21)23-18-2)9-5-6-11(16)10(15)7-9/h5-7,17,22H,2-4,8H2,1H3/b17-12?,19-13-. The van der Waals surface area contributed by atoms with Gasteiger partial charge in [-0.2, -0.15) is 0 Å². The zero-order valence-electron chi connectivity index (χ0n) is 12.4. The second kappa shape index (κ2) is 8.99. The predicted octanol–water partition coefficient (Wildman–Crippen LogP) is 3.80. The van der Waals surface area contributed by atoms with Crippen molar-refractivity contribution in [2.75, 3.05) is 11.4 Å². The van der Waals surface area contributed by atoms with Gasteiger partial charge in [0.25, 0.3) is 0 Å². The number of carbonyl (C=O) groups is 1. The highest BCUT2D eigenvalue weighted by atomic mass is 79.9. The smallest absolute Gasteiger partial charge is 0.411 e. The Hall–Kier alpha value is -2.29. The van der Waals surface area contributed by atoms with Gasteiger partial charge in [0.2, 0.25) is 0 Å². The fraction of sp³-hybridized carbons (Fsp3) is 0.286. The van der Waals surface area contributed by atoms with E-state index < -0.39 is 11.9 Å². The van der Waals surface area contributed by atoms with Gasteiger partial charge in [-0.3, -0.25) is 9.74 Å². The van der Waals surface area contributed by atoms with Gasteiger partial charge in [0.15, 0.2) is 0 Å². The first-order chi connectivity index (χ1) is 10.9. The van der Waals surface area contributed by atoms with Gasteiger partial charge in [0, 0.05) is 12.4 Å². The first kappa shape index (κ1) is 18.8. The van der Waals surface area contributed by atoms with Crippen molar-refractivity contribution in [2.24, 2.45) is 10.3 Å². The molecule has 0 aliphatic carbocycles. The SMILES string of the molecule is C=NOC(=O)N(CC(=N)/C(CCC)=N\O)c1ccc(F)c(Br)c1. The maximum atomic E-state index is 13.4. The van der Waals surface area contributed by atoms with Gasteiger partial charge in [-0.1, -0.05) is 23.7 Å². The highest BCUT2D eigenvalue weighted by Crippen LogP contribution is 2.24. The molecule has 0 saturated carbocycles. The predicted molar refractivity (Wildman–Crippen MR) is 89.3 cm³/mol. The summed E-state index contributed by atoms with van der Waals surface area (Å²) < 4.78 is 13.5. The normalized spacial score (nSPS) is 11.0. The van der Waals surface area contributed by atoms with Crippen molar-refractivity contribution in [3.05, 3.63) is 28.5 Å². The quantitative estimate of drug-likeness (QED) is 0.322. The van der Waals surface area contributed by atoms with Crippen LogP contribution in [0.25, 0.3) is 0 Å². The number of nitrogens with one attached hydrogen (secondary N) is 1. The minimum absolute atomic E-state index is 0.0733. The monoisotopic (exact) mass is 386 g/mol. The van der Waals surface area contributed by atoms with Crippen molar-refractivity contribution in [1.82, 2.24) is 0 Å². The zero-order chi connectivity index (χ0) is 17.4. The molecule has 0 unspecified atom stereocenters. The first-order valence-electron chi connectivity index (χ1n) is 6.62. The fourth-order valence-corrected chi connectivity index (χ4v) is 2.13. The second-order valence-electron chi connectivity index (χ2n) is 4.45. The molecule has 23 heavy (non-hydrogen) atoms. The summed E-state index contributed by atoms with van der Waals surface area (Å²) in [4.78, 5) is 17.6. The number of hydrogen-bond acceptors (Lipinski definition) is 6. The number of nitrogens with zero attached hydrogens (tertiary/aromatic N) is 3. The van der Waals surface area contributed by atoms with Gasteiger partial charge in [-0.05, 0) is 40.5 Å². The lowest BCUT2D eigenvalue weighted by Gasteiger charge is -2.21. The van der Waals surface area contributed by atoms with Crippen LogP contribution in [0, 0.1) is 11.2 Å². The van der Waals surface area contributed by atoms with Gasteiger partial charge in [-0.15, -0.1) is 0 Å². The Kier molecular flexibility index (Phi) is 7.33. The lowest BCUT2D eigenvalue weighted by molar-refractivity contribution is 0.160. The van der Waals surface area contributed by atoms with E-state index in [4.69, 9.17) is 10.6 Å². The van der Waals surface area contributed by atoms with E-state index in [-0.39, 0.29) is 28.1 Å². The van der Waals surface area contributed by atoms with Crippen molar-refractivity contribution in [2.45, 2.75) is 19.8 Å². The number of halogens is 2. The molecule has 0 saturated heterocycles. The molecule has 1 aromatic carbocycles. The summed E-state index contributed by atoms with van der Waals surface area (Å²) >= 11 is 3.03. The largest absolute Gasteiger partial charge is 0.440 e. The van der Waals surface area contributed by atoms with Crippen molar-refractivity contribution >= 4 is 45.9 Å². The Labute approximate surface area is 141 Å². The molecular weight excluding hydrogens is 371 g/mol. The molecule has 0 aliphatic rings. The third-order valence-electron chi connectivity index (χ3n) is 2.85. The van der Waals surface area contributed by atoms with Crippen molar-refractivity contribution < 1.29 is 19.2 Å². The number of benzene rings is 1. The van der Waals surface area contributed by atoms with E-state index in [1.165, 1.54) is 12.1 Å². The molecule has 1 rings (SSSR count). The van der Waals surface area contributed by atoms with Crippen LogP contribution in [0.3, 0.4) is 0 Å². The Bertz CT molecular complexity index is 636. The number of rotatable bonds is 7. The number of oxime groups is 2. The molecule has 0 spiro atoms. The summed E-state index contributed by atoms with van der Waals surface area (Å²) in [5.41, 5.74) is 0.360. The van der Waals surface area contributed by atoms with E-state index in [9.17, 15) is 9.18 Å². The van der Waals surface area contributed by atoms with Crippen molar-refractivity contribution in [1.29, 1.82) is 5.41 Å². The topological polar surface area (TPSA) is 98.3 Å². The molecule has 0 heterocycles. The van der Waals surface area contributed by atoms with Crippen molar-refractivity contribution in [3.63, 3.8) is 0 Å². The van der Waals surface area contributed by atoms with Crippen LogP contribution in [0.4, 0.5) is 14.9 Å². The highest BCUT2D eigenvalue weighted by Gasteiger charge is 2.22. The zero-order valence-corrected chi connectivity index (χ0v) is 14.0. The molecule has 0 fully saturated rings. The Morgan fingerprint density at radius 3 is 2.78 bits per heavy atom. The van der Waals surface area contributed by atoms with Crippen LogP contribution in [-0.2, 0) is 4.84 Å². The molecule has 0 aromatic heterocycles. The maximum absolute atomic E-state index is 13.4. The molecule has 1 aromatic rings. The lowest BCUT2D eigenvalue weighted by Crippen LogP contribution is -2.38. The first-order valence-corrected chi connectivity index (χ1v) is 7.42. The number of anilines is 1. The molecule has 2 N–H and O–H groups in total. The Morgan fingerprint density at radius 1 is 1.57 bits per heavy atom. The second-order valence-corrected chi connectivity index (χ2v) is 5.30. The molecule has 0 bridgehead atoms. The van der Waals surface area contributed by atoms with E-state index in [0.29, 0.717) is 12.8 Å². The Balaban J connectivity index is 3.10. The summed E-state index contributed by atoms with van der Waals surface area (Å²) in [7, 11) is 0. The van der Waals surface area contributed by atoms with E-state index in [0.717, 1.165) is 11.0 Å². The minimum atomic E-state index is -0.892. The molecule has 9 heteroatoms. The third kappa shape index (κ3) is 5.13. The van der Waals surface area contributed by atoms with E-state index in [1.54, 1.807) is 0 Å². The van der Waals surface area contributed by atoms with E-state index in [2.05, 4.69) is 37.8 Å². The van der Waals surface area contributed by atoms with Gasteiger partial charge < -0.3 is 10.6 Å². The number of amides is 1. The van der Waals surface area contributed by atoms with Gasteiger partial charge in [-0.25, -0.2) is 9.18 Å². The van der Waals surface area contributed by atoms with Gasteiger partial charge >= 0.3 is 6.09 Å². The average molecular weight is 387 g/mol. The highest BCUT2D eigenvalue weighted by molar-refractivity contribution is 9.10. The van der Waals surface area contributed by atoms with Crippen LogP contribution in [0.1, 0.15) is 19.8 Å². The summed E-state index contributed by atoms with van der Waals surface area (Å²) in [6, 6.07) is 3.88. The average Bonchev–Trinajstić information content (AvgIpc) is 2.53. The summed E-state index contributed by atoms with van der Waals surface area (Å²) in [6.07, 6.45) is 0.158. The molecule has 0 atom stereocenters. The van der Waals surface area contributed by atoms with Gasteiger partial charge in [0.1, 0.15) is 11.5 Å². The maximum Gasteiger partial charge on any atom is 0.440 e. The molecule has 124 valence electrons. The summed E-state index contributed by atoms with van der Waals surface area (Å²) in [5, 5.41) is 23.1. The van der Waals surface area contributed by atoms with E-state index in [1.807, 2.05) is 6.92 Å².